The highest BCUT2D eigenvalue weighted by molar-refractivity contribution is 6.29. The number of carbonyl (C=O) groups is 1. The predicted molar refractivity (Wildman–Crippen MR) is 91.4 cm³/mol. The molecule has 0 spiro atoms. The van der Waals surface area contributed by atoms with Gasteiger partial charge >= 0.3 is 5.97 Å². The molecule has 0 unspecified atom stereocenters. The fourth-order valence-corrected chi connectivity index (χ4v) is 2.13. The van der Waals surface area contributed by atoms with Crippen molar-refractivity contribution < 1.29 is 9.53 Å². The zero-order chi connectivity index (χ0) is 16.8. The van der Waals surface area contributed by atoms with E-state index < -0.39 is 0 Å². The zero-order valence-corrected chi connectivity index (χ0v) is 14.1. The van der Waals surface area contributed by atoms with Crippen LogP contribution in [0.15, 0.2) is 24.3 Å². The number of benzene rings is 1. The van der Waals surface area contributed by atoms with E-state index in [0.29, 0.717) is 12.4 Å². The van der Waals surface area contributed by atoms with Crippen LogP contribution < -0.4 is 10.6 Å². The molecule has 0 saturated heterocycles. The Hall–Kier alpha value is -2.34. The zero-order valence-electron chi connectivity index (χ0n) is 13.3. The number of aromatic nitrogens is 2. The number of nitrogens with zero attached hydrogens (tertiary/aromatic N) is 2. The second kappa shape index (κ2) is 7.78. The SMILES string of the molecule is CCOC(=O)CNc1nc(Cl)cc(Nc2cccc(C)c2C)n1. The molecule has 0 atom stereocenters. The average Bonchev–Trinajstić information content (AvgIpc) is 2.50. The van der Waals surface area contributed by atoms with Gasteiger partial charge in [0, 0.05) is 11.8 Å². The van der Waals surface area contributed by atoms with E-state index in [1.54, 1.807) is 13.0 Å². The lowest BCUT2D eigenvalue weighted by atomic mass is 10.1. The second-order valence-corrected chi connectivity index (χ2v) is 5.32. The van der Waals surface area contributed by atoms with E-state index in [0.717, 1.165) is 11.3 Å². The van der Waals surface area contributed by atoms with Crippen LogP contribution in [-0.4, -0.2) is 29.1 Å². The summed E-state index contributed by atoms with van der Waals surface area (Å²) < 4.78 is 4.84. The number of hydrogen-bond acceptors (Lipinski definition) is 6. The standard InChI is InChI=1S/C16H19ClN4O2/c1-4-23-15(22)9-18-16-20-13(17)8-14(21-16)19-12-7-5-6-10(2)11(12)3/h5-8H,4,9H2,1-3H3,(H2,18,19,20,21). The number of nitrogens with one attached hydrogen (secondary N) is 2. The van der Waals surface area contributed by atoms with E-state index in [4.69, 9.17) is 16.3 Å². The Labute approximate surface area is 140 Å². The Morgan fingerprint density at radius 2 is 2.09 bits per heavy atom. The monoisotopic (exact) mass is 334 g/mol. The molecule has 0 aliphatic heterocycles. The molecule has 1 aromatic heterocycles. The molecule has 0 aliphatic carbocycles. The van der Waals surface area contributed by atoms with Crippen molar-refractivity contribution in [3.63, 3.8) is 0 Å². The van der Waals surface area contributed by atoms with Gasteiger partial charge in [0.2, 0.25) is 5.95 Å². The summed E-state index contributed by atoms with van der Waals surface area (Å²) in [4.78, 5) is 19.7. The third kappa shape index (κ3) is 4.82. The van der Waals surface area contributed by atoms with Crippen LogP contribution in [0, 0.1) is 13.8 Å². The van der Waals surface area contributed by atoms with Crippen LogP contribution in [0.4, 0.5) is 17.5 Å². The van der Waals surface area contributed by atoms with Gasteiger partial charge in [0.25, 0.3) is 0 Å². The van der Waals surface area contributed by atoms with Crippen molar-refractivity contribution >= 4 is 35.0 Å². The predicted octanol–water partition coefficient (Wildman–Crippen LogP) is 3.47. The van der Waals surface area contributed by atoms with Gasteiger partial charge in [0.1, 0.15) is 17.5 Å². The summed E-state index contributed by atoms with van der Waals surface area (Å²) in [6, 6.07) is 7.59. The van der Waals surface area contributed by atoms with Gasteiger partial charge in [-0.25, -0.2) is 4.98 Å². The highest BCUT2D eigenvalue weighted by Crippen LogP contribution is 2.23. The van der Waals surface area contributed by atoms with Gasteiger partial charge in [-0.15, -0.1) is 0 Å². The van der Waals surface area contributed by atoms with Gasteiger partial charge in [-0.1, -0.05) is 23.7 Å². The first-order valence-corrected chi connectivity index (χ1v) is 7.64. The van der Waals surface area contributed by atoms with Crippen molar-refractivity contribution in [1.82, 2.24) is 9.97 Å². The molecule has 0 bridgehead atoms. The van der Waals surface area contributed by atoms with Gasteiger partial charge < -0.3 is 15.4 Å². The summed E-state index contributed by atoms with van der Waals surface area (Å²) in [6.45, 7) is 6.13. The minimum atomic E-state index is -0.375. The van der Waals surface area contributed by atoms with E-state index in [-0.39, 0.29) is 23.6 Å². The molecule has 2 aromatic rings. The molecular formula is C16H19ClN4O2. The molecular weight excluding hydrogens is 316 g/mol. The summed E-state index contributed by atoms with van der Waals surface area (Å²) in [7, 11) is 0. The summed E-state index contributed by atoms with van der Waals surface area (Å²) in [5, 5.41) is 6.29. The van der Waals surface area contributed by atoms with Gasteiger partial charge in [0.15, 0.2) is 0 Å². The average molecular weight is 335 g/mol. The lowest BCUT2D eigenvalue weighted by Gasteiger charge is -2.12. The minimum Gasteiger partial charge on any atom is -0.465 e. The van der Waals surface area contributed by atoms with Crippen LogP contribution in [0.3, 0.4) is 0 Å². The Morgan fingerprint density at radius 3 is 2.83 bits per heavy atom. The van der Waals surface area contributed by atoms with Crippen molar-refractivity contribution in [2.75, 3.05) is 23.8 Å². The normalized spacial score (nSPS) is 10.3. The second-order valence-electron chi connectivity index (χ2n) is 4.93. The van der Waals surface area contributed by atoms with Gasteiger partial charge in [-0.05, 0) is 38.0 Å². The fraction of sp³-hybridized carbons (Fsp3) is 0.312. The largest absolute Gasteiger partial charge is 0.465 e. The molecule has 0 radical (unpaired) electrons. The summed E-state index contributed by atoms with van der Waals surface area (Å²) in [6.07, 6.45) is 0. The van der Waals surface area contributed by atoms with E-state index >= 15 is 0 Å². The smallest absolute Gasteiger partial charge is 0.325 e. The van der Waals surface area contributed by atoms with Crippen molar-refractivity contribution in [2.24, 2.45) is 0 Å². The topological polar surface area (TPSA) is 76.1 Å². The number of ether oxygens (including phenoxy) is 1. The number of aryl methyl sites for hydroxylation is 1. The lowest BCUT2D eigenvalue weighted by molar-refractivity contribution is -0.140. The number of anilines is 3. The summed E-state index contributed by atoms with van der Waals surface area (Å²) in [5.74, 6) is 0.434. The highest BCUT2D eigenvalue weighted by Gasteiger charge is 2.08. The quantitative estimate of drug-likeness (QED) is 0.622. The van der Waals surface area contributed by atoms with Crippen LogP contribution >= 0.6 is 11.6 Å². The Morgan fingerprint density at radius 1 is 1.30 bits per heavy atom. The molecule has 6 nitrogen and oxygen atoms in total. The molecule has 23 heavy (non-hydrogen) atoms. The van der Waals surface area contributed by atoms with Crippen molar-refractivity contribution in [3.8, 4) is 0 Å². The number of hydrogen-bond donors (Lipinski definition) is 2. The van der Waals surface area contributed by atoms with Crippen molar-refractivity contribution in [3.05, 3.63) is 40.5 Å². The molecule has 0 saturated carbocycles. The molecule has 2 N–H and O–H groups in total. The first-order valence-electron chi connectivity index (χ1n) is 7.27. The van der Waals surface area contributed by atoms with E-state index in [2.05, 4.69) is 20.6 Å². The lowest BCUT2D eigenvalue weighted by Crippen LogP contribution is -2.18. The maximum Gasteiger partial charge on any atom is 0.325 e. The third-order valence-corrected chi connectivity index (χ3v) is 3.45. The third-order valence-electron chi connectivity index (χ3n) is 3.26. The Bertz CT molecular complexity index is 706. The molecule has 0 fully saturated rings. The molecule has 0 amide bonds. The number of carbonyl (C=O) groups excluding carboxylic acids is 1. The van der Waals surface area contributed by atoms with E-state index in [1.165, 1.54) is 5.56 Å². The molecule has 2 rings (SSSR count). The maximum atomic E-state index is 11.4. The molecule has 0 aliphatic rings. The number of halogens is 1. The van der Waals surface area contributed by atoms with Crippen LogP contribution in [0.2, 0.25) is 5.15 Å². The van der Waals surface area contributed by atoms with Crippen LogP contribution in [-0.2, 0) is 9.53 Å². The van der Waals surface area contributed by atoms with Crippen LogP contribution in [0.5, 0.6) is 0 Å². The van der Waals surface area contributed by atoms with Crippen molar-refractivity contribution in [1.29, 1.82) is 0 Å². The fourth-order valence-electron chi connectivity index (χ4n) is 1.95. The van der Waals surface area contributed by atoms with Crippen LogP contribution in [0.25, 0.3) is 0 Å². The van der Waals surface area contributed by atoms with Crippen LogP contribution in [0.1, 0.15) is 18.1 Å². The van der Waals surface area contributed by atoms with E-state index in [9.17, 15) is 4.79 Å². The molecule has 1 aromatic carbocycles. The maximum absolute atomic E-state index is 11.4. The molecule has 1 heterocycles. The summed E-state index contributed by atoms with van der Waals surface area (Å²) >= 11 is 6.02. The van der Waals surface area contributed by atoms with Gasteiger partial charge in [0.05, 0.1) is 6.61 Å². The highest BCUT2D eigenvalue weighted by atomic mass is 35.5. The first kappa shape index (κ1) is 17.0. The Kier molecular flexibility index (Phi) is 5.76. The van der Waals surface area contributed by atoms with Gasteiger partial charge in [-0.2, -0.15) is 4.98 Å². The first-order chi connectivity index (χ1) is 11.0. The molecule has 7 heteroatoms. The van der Waals surface area contributed by atoms with Gasteiger partial charge in [-0.3, -0.25) is 4.79 Å². The molecule has 122 valence electrons. The summed E-state index contributed by atoms with van der Waals surface area (Å²) in [5.41, 5.74) is 3.25. The Balaban J connectivity index is 2.14. The minimum absolute atomic E-state index is 0.0168. The number of rotatable bonds is 6. The van der Waals surface area contributed by atoms with E-state index in [1.807, 2.05) is 32.0 Å². The van der Waals surface area contributed by atoms with Crippen molar-refractivity contribution in [2.45, 2.75) is 20.8 Å². The number of esters is 1.